The maximum absolute atomic E-state index is 11.6. The Kier molecular flexibility index (Phi) is 5.49. The van der Waals surface area contributed by atoms with Gasteiger partial charge in [-0.1, -0.05) is 25.1 Å². The van der Waals surface area contributed by atoms with Crippen molar-refractivity contribution in [1.82, 2.24) is 5.32 Å². The largest absolute Gasteiger partial charge is 0.508 e. The molecule has 1 amide bonds. The average molecular weight is 236 g/mol. The molecule has 1 atom stereocenters. The van der Waals surface area contributed by atoms with Crippen LogP contribution < -0.4 is 11.1 Å². The van der Waals surface area contributed by atoms with Crippen molar-refractivity contribution in [1.29, 1.82) is 0 Å². The smallest absolute Gasteiger partial charge is 0.224 e. The van der Waals surface area contributed by atoms with Crippen molar-refractivity contribution in [2.24, 2.45) is 11.7 Å². The van der Waals surface area contributed by atoms with Gasteiger partial charge in [-0.2, -0.15) is 0 Å². The number of nitrogens with two attached hydrogens (primary N) is 1. The lowest BCUT2D eigenvalue weighted by Gasteiger charge is -2.11. The second kappa shape index (κ2) is 6.91. The molecule has 1 aromatic rings. The van der Waals surface area contributed by atoms with Gasteiger partial charge in [0.2, 0.25) is 5.91 Å². The number of rotatable bonds is 6. The Bertz CT molecular complexity index is 366. The number of carbonyl (C=O) groups excluding carboxylic acids is 1. The van der Waals surface area contributed by atoms with Crippen molar-refractivity contribution in [3.8, 4) is 5.75 Å². The quantitative estimate of drug-likeness (QED) is 0.690. The fourth-order valence-corrected chi connectivity index (χ4v) is 1.57. The normalized spacial score (nSPS) is 12.1. The third-order valence-corrected chi connectivity index (χ3v) is 2.65. The third kappa shape index (κ3) is 4.87. The monoisotopic (exact) mass is 236 g/mol. The van der Waals surface area contributed by atoms with Gasteiger partial charge in [-0.15, -0.1) is 0 Å². The van der Waals surface area contributed by atoms with E-state index in [2.05, 4.69) is 5.32 Å². The van der Waals surface area contributed by atoms with E-state index < -0.39 is 0 Å². The van der Waals surface area contributed by atoms with Gasteiger partial charge < -0.3 is 16.2 Å². The van der Waals surface area contributed by atoms with Gasteiger partial charge in [0.15, 0.2) is 0 Å². The van der Waals surface area contributed by atoms with Crippen molar-refractivity contribution in [2.45, 2.75) is 19.8 Å². The van der Waals surface area contributed by atoms with Gasteiger partial charge in [0, 0.05) is 12.1 Å². The van der Waals surface area contributed by atoms with Crippen LogP contribution in [0.4, 0.5) is 0 Å². The fraction of sp³-hybridized carbons (Fsp3) is 0.462. The summed E-state index contributed by atoms with van der Waals surface area (Å²) < 4.78 is 0. The van der Waals surface area contributed by atoms with Crippen LogP contribution in [0.25, 0.3) is 0 Å². The Balaban J connectivity index is 2.37. The Labute approximate surface area is 102 Å². The van der Waals surface area contributed by atoms with Crippen molar-refractivity contribution in [3.63, 3.8) is 0 Å². The lowest BCUT2D eigenvalue weighted by Crippen LogP contribution is -2.30. The molecule has 0 radical (unpaired) electrons. The number of nitrogens with one attached hydrogen (secondary N) is 1. The minimum atomic E-state index is -0.0737. The van der Waals surface area contributed by atoms with Crippen molar-refractivity contribution in [3.05, 3.63) is 29.8 Å². The highest BCUT2D eigenvalue weighted by atomic mass is 16.3. The lowest BCUT2D eigenvalue weighted by atomic mass is 10.1. The Morgan fingerprint density at radius 2 is 2.18 bits per heavy atom. The highest BCUT2D eigenvalue weighted by Crippen LogP contribution is 2.15. The summed E-state index contributed by atoms with van der Waals surface area (Å²) >= 11 is 0. The van der Waals surface area contributed by atoms with Crippen LogP contribution in [0.3, 0.4) is 0 Å². The van der Waals surface area contributed by atoms with E-state index in [1.807, 2.05) is 6.92 Å². The van der Waals surface area contributed by atoms with Crippen LogP contribution in [0, 0.1) is 5.92 Å². The molecular weight excluding hydrogens is 216 g/mol. The minimum absolute atomic E-state index is 0.0737. The standard InChI is InChI=1S/C13H20N2O2/c1-10(6-7-14)9-15-13(17)8-11-4-2-3-5-12(11)16/h2-5,10,16H,6-9,14H2,1H3,(H,15,17). The molecule has 94 valence electrons. The summed E-state index contributed by atoms with van der Waals surface area (Å²) in [6.45, 7) is 3.31. The van der Waals surface area contributed by atoms with E-state index in [-0.39, 0.29) is 18.1 Å². The fourth-order valence-electron chi connectivity index (χ4n) is 1.57. The Morgan fingerprint density at radius 3 is 2.82 bits per heavy atom. The number of benzene rings is 1. The first-order chi connectivity index (χ1) is 8.13. The Morgan fingerprint density at radius 1 is 1.47 bits per heavy atom. The lowest BCUT2D eigenvalue weighted by molar-refractivity contribution is -0.120. The molecular formula is C13H20N2O2. The summed E-state index contributed by atoms with van der Waals surface area (Å²) in [4.78, 5) is 11.6. The predicted molar refractivity (Wildman–Crippen MR) is 67.7 cm³/mol. The van der Waals surface area contributed by atoms with Crippen molar-refractivity contribution in [2.75, 3.05) is 13.1 Å². The Hall–Kier alpha value is -1.55. The topological polar surface area (TPSA) is 75.3 Å². The third-order valence-electron chi connectivity index (χ3n) is 2.65. The second-order valence-electron chi connectivity index (χ2n) is 4.29. The van der Waals surface area contributed by atoms with Gasteiger partial charge in [0.1, 0.15) is 5.75 Å². The van der Waals surface area contributed by atoms with Crippen LogP contribution in [0.15, 0.2) is 24.3 Å². The highest BCUT2D eigenvalue weighted by Gasteiger charge is 2.08. The number of hydrogen-bond acceptors (Lipinski definition) is 3. The number of hydrogen-bond donors (Lipinski definition) is 3. The zero-order valence-corrected chi connectivity index (χ0v) is 10.1. The van der Waals surface area contributed by atoms with Crippen LogP contribution in [0.1, 0.15) is 18.9 Å². The zero-order chi connectivity index (χ0) is 12.7. The molecule has 0 saturated carbocycles. The highest BCUT2D eigenvalue weighted by molar-refractivity contribution is 5.79. The maximum Gasteiger partial charge on any atom is 0.224 e. The van der Waals surface area contributed by atoms with E-state index in [0.717, 1.165) is 6.42 Å². The second-order valence-corrected chi connectivity index (χ2v) is 4.29. The van der Waals surface area contributed by atoms with Crippen LogP contribution in [0.5, 0.6) is 5.75 Å². The summed E-state index contributed by atoms with van der Waals surface area (Å²) in [5, 5.41) is 12.4. The molecule has 0 bridgehead atoms. The van der Waals surface area contributed by atoms with E-state index in [1.54, 1.807) is 24.3 Å². The molecule has 0 aliphatic heterocycles. The summed E-state index contributed by atoms with van der Waals surface area (Å²) in [5.41, 5.74) is 6.08. The molecule has 0 aromatic heterocycles. The number of amides is 1. The first kappa shape index (κ1) is 13.5. The molecule has 0 saturated heterocycles. The molecule has 0 heterocycles. The molecule has 4 nitrogen and oxygen atoms in total. The SMILES string of the molecule is CC(CCN)CNC(=O)Cc1ccccc1O. The van der Waals surface area contributed by atoms with E-state index in [9.17, 15) is 9.90 Å². The molecule has 1 unspecified atom stereocenters. The van der Waals surface area contributed by atoms with Gasteiger partial charge >= 0.3 is 0 Å². The van der Waals surface area contributed by atoms with Crippen molar-refractivity contribution < 1.29 is 9.90 Å². The van der Waals surface area contributed by atoms with E-state index >= 15 is 0 Å². The van der Waals surface area contributed by atoms with Gasteiger partial charge in [-0.25, -0.2) is 0 Å². The number of phenols is 1. The van der Waals surface area contributed by atoms with Gasteiger partial charge in [-0.05, 0) is 24.9 Å². The first-order valence-electron chi connectivity index (χ1n) is 5.87. The van der Waals surface area contributed by atoms with Gasteiger partial charge in [0.25, 0.3) is 0 Å². The molecule has 1 rings (SSSR count). The van der Waals surface area contributed by atoms with Crippen LogP contribution in [0.2, 0.25) is 0 Å². The number of carbonyl (C=O) groups is 1. The number of para-hydroxylation sites is 1. The van der Waals surface area contributed by atoms with Crippen LogP contribution in [-0.2, 0) is 11.2 Å². The van der Waals surface area contributed by atoms with Crippen LogP contribution >= 0.6 is 0 Å². The van der Waals surface area contributed by atoms with Crippen LogP contribution in [-0.4, -0.2) is 24.1 Å². The first-order valence-corrected chi connectivity index (χ1v) is 5.87. The van der Waals surface area contributed by atoms with E-state index in [4.69, 9.17) is 5.73 Å². The predicted octanol–water partition coefficient (Wildman–Crippen LogP) is 1.04. The molecule has 17 heavy (non-hydrogen) atoms. The number of phenolic OH excluding ortho intramolecular Hbond substituents is 1. The summed E-state index contributed by atoms with van der Waals surface area (Å²) in [7, 11) is 0. The molecule has 0 aliphatic rings. The van der Waals surface area contributed by atoms with Crippen molar-refractivity contribution >= 4 is 5.91 Å². The van der Waals surface area contributed by atoms with Gasteiger partial charge in [0.05, 0.1) is 6.42 Å². The van der Waals surface area contributed by atoms with Gasteiger partial charge in [-0.3, -0.25) is 4.79 Å². The summed E-state index contributed by atoms with van der Waals surface area (Å²) in [5.74, 6) is 0.473. The molecule has 0 fully saturated rings. The zero-order valence-electron chi connectivity index (χ0n) is 10.1. The summed E-state index contributed by atoms with van der Waals surface area (Å²) in [6, 6.07) is 6.87. The molecule has 4 heteroatoms. The summed E-state index contributed by atoms with van der Waals surface area (Å²) in [6.07, 6.45) is 1.11. The van der Waals surface area contributed by atoms with E-state index in [1.165, 1.54) is 0 Å². The number of aromatic hydroxyl groups is 1. The minimum Gasteiger partial charge on any atom is -0.508 e. The molecule has 1 aromatic carbocycles. The van der Waals surface area contributed by atoms with E-state index in [0.29, 0.717) is 24.6 Å². The molecule has 0 aliphatic carbocycles. The average Bonchev–Trinajstić information content (AvgIpc) is 2.30. The molecule has 4 N–H and O–H groups in total. The maximum atomic E-state index is 11.6. The molecule has 0 spiro atoms.